The van der Waals surface area contributed by atoms with E-state index in [1.54, 1.807) is 12.3 Å². The lowest BCUT2D eigenvalue weighted by atomic mass is 9.96. The van der Waals surface area contributed by atoms with E-state index < -0.39 is 0 Å². The SMILES string of the molecule is CC1CCN(c2ccnc(/C(N)=N/O)c2)CC1O. The molecule has 0 amide bonds. The lowest BCUT2D eigenvalue weighted by Gasteiger charge is -2.35. The fourth-order valence-electron chi connectivity index (χ4n) is 2.09. The Bertz CT molecular complexity index is 449. The van der Waals surface area contributed by atoms with Crippen LogP contribution in [0, 0.1) is 5.92 Å². The molecule has 1 aromatic heterocycles. The van der Waals surface area contributed by atoms with Crippen molar-refractivity contribution in [3.8, 4) is 0 Å². The summed E-state index contributed by atoms with van der Waals surface area (Å²) in [6, 6.07) is 3.62. The largest absolute Gasteiger partial charge is 0.409 e. The van der Waals surface area contributed by atoms with Gasteiger partial charge in [-0.3, -0.25) is 4.98 Å². The number of piperidine rings is 1. The zero-order valence-electron chi connectivity index (χ0n) is 10.3. The molecule has 2 heterocycles. The van der Waals surface area contributed by atoms with Crippen LogP contribution in [0.25, 0.3) is 0 Å². The average Bonchev–Trinajstić information content (AvgIpc) is 2.41. The summed E-state index contributed by atoms with van der Waals surface area (Å²) in [6.45, 7) is 3.54. The number of hydrogen-bond donors (Lipinski definition) is 3. The summed E-state index contributed by atoms with van der Waals surface area (Å²) in [4.78, 5) is 6.12. The van der Waals surface area contributed by atoms with Crippen LogP contribution in [-0.4, -0.2) is 40.3 Å². The van der Waals surface area contributed by atoms with Crippen LogP contribution in [0.5, 0.6) is 0 Å². The van der Waals surface area contributed by atoms with E-state index in [0.717, 1.165) is 18.7 Å². The van der Waals surface area contributed by atoms with Crippen LogP contribution in [0.1, 0.15) is 19.0 Å². The molecule has 1 aromatic rings. The number of nitrogens with two attached hydrogens (primary N) is 1. The maximum Gasteiger partial charge on any atom is 0.188 e. The fraction of sp³-hybridized carbons (Fsp3) is 0.500. The van der Waals surface area contributed by atoms with Gasteiger partial charge in [0, 0.05) is 25.0 Å². The quantitative estimate of drug-likeness (QED) is 0.305. The molecule has 2 atom stereocenters. The number of oxime groups is 1. The minimum absolute atomic E-state index is 0.0113. The van der Waals surface area contributed by atoms with Gasteiger partial charge in [-0.25, -0.2) is 0 Å². The molecular weight excluding hydrogens is 232 g/mol. The number of anilines is 1. The van der Waals surface area contributed by atoms with Crippen LogP contribution >= 0.6 is 0 Å². The van der Waals surface area contributed by atoms with E-state index in [9.17, 15) is 5.11 Å². The molecule has 0 bridgehead atoms. The van der Waals surface area contributed by atoms with Gasteiger partial charge in [0.15, 0.2) is 5.84 Å². The number of pyridine rings is 1. The number of amidine groups is 1. The van der Waals surface area contributed by atoms with Crippen LogP contribution in [0.15, 0.2) is 23.5 Å². The third kappa shape index (κ3) is 2.53. The number of aliphatic hydroxyl groups is 1. The van der Waals surface area contributed by atoms with Crippen LogP contribution in [-0.2, 0) is 0 Å². The second-order valence-electron chi connectivity index (χ2n) is 4.66. The van der Waals surface area contributed by atoms with E-state index in [1.807, 2.05) is 6.07 Å². The van der Waals surface area contributed by atoms with Crippen LogP contribution < -0.4 is 10.6 Å². The van der Waals surface area contributed by atoms with E-state index in [0.29, 0.717) is 18.2 Å². The first-order chi connectivity index (χ1) is 8.61. The first-order valence-electron chi connectivity index (χ1n) is 5.98. The Hall–Kier alpha value is -1.82. The van der Waals surface area contributed by atoms with Crippen molar-refractivity contribution in [2.24, 2.45) is 16.8 Å². The molecule has 6 heteroatoms. The standard InChI is InChI=1S/C12H18N4O2/c1-8-3-5-16(7-11(8)17)9-2-4-14-10(6-9)12(13)15-18/h2,4,6,8,11,17-18H,3,5,7H2,1H3,(H2,13,15). The van der Waals surface area contributed by atoms with Gasteiger partial charge in [-0.05, 0) is 24.5 Å². The third-order valence-corrected chi connectivity index (χ3v) is 3.40. The molecule has 0 spiro atoms. The molecule has 1 saturated heterocycles. The first-order valence-corrected chi connectivity index (χ1v) is 5.98. The Kier molecular flexibility index (Phi) is 3.66. The third-order valence-electron chi connectivity index (χ3n) is 3.40. The minimum Gasteiger partial charge on any atom is -0.409 e. The van der Waals surface area contributed by atoms with Crippen LogP contribution in [0.3, 0.4) is 0 Å². The molecule has 0 aliphatic carbocycles. The Balaban J connectivity index is 2.19. The zero-order valence-corrected chi connectivity index (χ0v) is 10.3. The van der Waals surface area contributed by atoms with Gasteiger partial charge in [0.05, 0.1) is 6.10 Å². The molecule has 1 aliphatic rings. The van der Waals surface area contributed by atoms with Gasteiger partial charge in [-0.15, -0.1) is 0 Å². The van der Waals surface area contributed by atoms with Crippen molar-refractivity contribution in [1.29, 1.82) is 0 Å². The van der Waals surface area contributed by atoms with Crippen molar-refractivity contribution >= 4 is 11.5 Å². The van der Waals surface area contributed by atoms with Gasteiger partial charge in [-0.2, -0.15) is 0 Å². The number of hydrogen-bond acceptors (Lipinski definition) is 5. The molecule has 0 radical (unpaired) electrons. The van der Waals surface area contributed by atoms with Crippen molar-refractivity contribution in [2.75, 3.05) is 18.0 Å². The van der Waals surface area contributed by atoms with E-state index in [2.05, 4.69) is 22.0 Å². The Morgan fingerprint density at radius 3 is 3.06 bits per heavy atom. The number of nitrogens with zero attached hydrogens (tertiary/aromatic N) is 3. The van der Waals surface area contributed by atoms with Crippen molar-refractivity contribution in [3.63, 3.8) is 0 Å². The highest BCUT2D eigenvalue weighted by Crippen LogP contribution is 2.23. The van der Waals surface area contributed by atoms with Gasteiger partial charge < -0.3 is 20.9 Å². The van der Waals surface area contributed by atoms with E-state index in [4.69, 9.17) is 10.9 Å². The van der Waals surface area contributed by atoms with E-state index >= 15 is 0 Å². The van der Waals surface area contributed by atoms with Crippen LogP contribution in [0.4, 0.5) is 5.69 Å². The predicted octanol–water partition coefficient (Wildman–Crippen LogP) is 0.383. The molecule has 0 aromatic carbocycles. The van der Waals surface area contributed by atoms with Gasteiger partial charge in [0.1, 0.15) is 5.69 Å². The summed E-state index contributed by atoms with van der Waals surface area (Å²) in [5.41, 5.74) is 6.87. The lowest BCUT2D eigenvalue weighted by Crippen LogP contribution is -2.43. The predicted molar refractivity (Wildman–Crippen MR) is 68.7 cm³/mol. The molecule has 0 saturated carbocycles. The highest BCUT2D eigenvalue weighted by atomic mass is 16.4. The molecule has 2 unspecified atom stereocenters. The Morgan fingerprint density at radius 1 is 1.61 bits per heavy atom. The van der Waals surface area contributed by atoms with Crippen molar-refractivity contribution in [1.82, 2.24) is 4.98 Å². The Labute approximate surface area is 106 Å². The van der Waals surface area contributed by atoms with Crippen molar-refractivity contribution < 1.29 is 10.3 Å². The van der Waals surface area contributed by atoms with Gasteiger partial charge in [0.25, 0.3) is 0 Å². The molecule has 2 rings (SSSR count). The highest BCUT2D eigenvalue weighted by molar-refractivity contribution is 5.95. The van der Waals surface area contributed by atoms with Crippen molar-refractivity contribution in [3.05, 3.63) is 24.0 Å². The number of β-amino-alcohol motifs (C(OH)–C–C–N with tert-alkyl or cyclic N) is 1. The number of aliphatic hydroxyl groups excluding tert-OH is 1. The lowest BCUT2D eigenvalue weighted by molar-refractivity contribution is 0.103. The summed E-state index contributed by atoms with van der Waals surface area (Å²) in [5.74, 6) is 0.314. The maximum atomic E-state index is 9.89. The molecule has 1 fully saturated rings. The summed E-state index contributed by atoms with van der Waals surface area (Å²) in [6.07, 6.45) is 2.24. The average molecular weight is 250 g/mol. The smallest absolute Gasteiger partial charge is 0.188 e. The number of aromatic nitrogens is 1. The van der Waals surface area contributed by atoms with Gasteiger partial charge in [-0.1, -0.05) is 12.1 Å². The van der Waals surface area contributed by atoms with Gasteiger partial charge >= 0.3 is 0 Å². The molecule has 4 N–H and O–H groups in total. The Morgan fingerprint density at radius 2 is 2.39 bits per heavy atom. The summed E-state index contributed by atoms with van der Waals surface area (Å²) < 4.78 is 0. The first kappa shape index (κ1) is 12.6. The summed E-state index contributed by atoms with van der Waals surface area (Å²) in [7, 11) is 0. The minimum atomic E-state index is -0.320. The van der Waals surface area contributed by atoms with Crippen LogP contribution in [0.2, 0.25) is 0 Å². The highest BCUT2D eigenvalue weighted by Gasteiger charge is 2.24. The van der Waals surface area contributed by atoms with Crippen molar-refractivity contribution in [2.45, 2.75) is 19.4 Å². The number of rotatable bonds is 2. The fourth-order valence-corrected chi connectivity index (χ4v) is 2.09. The van der Waals surface area contributed by atoms with E-state index in [1.165, 1.54) is 0 Å². The second kappa shape index (κ2) is 5.22. The molecular formula is C12H18N4O2. The molecule has 18 heavy (non-hydrogen) atoms. The monoisotopic (exact) mass is 250 g/mol. The maximum absolute atomic E-state index is 9.89. The van der Waals surface area contributed by atoms with Gasteiger partial charge in [0.2, 0.25) is 0 Å². The normalized spacial score (nSPS) is 25.2. The topological polar surface area (TPSA) is 95.0 Å². The zero-order chi connectivity index (χ0) is 13.1. The molecule has 1 aliphatic heterocycles. The summed E-state index contributed by atoms with van der Waals surface area (Å²) >= 11 is 0. The second-order valence-corrected chi connectivity index (χ2v) is 4.66. The van der Waals surface area contributed by atoms with E-state index in [-0.39, 0.29) is 11.9 Å². The molecule has 98 valence electrons. The summed E-state index contributed by atoms with van der Waals surface area (Å²) in [5, 5.41) is 21.5. The molecule has 6 nitrogen and oxygen atoms in total.